The van der Waals surface area contributed by atoms with Crippen LogP contribution in [0.25, 0.3) is 0 Å². The Balaban J connectivity index is 1.59. The Morgan fingerprint density at radius 2 is 2.18 bits per heavy atom. The number of imidazole rings is 1. The minimum atomic E-state index is -3.70. The van der Waals surface area contributed by atoms with Gasteiger partial charge < -0.3 is 14.6 Å². The molecule has 0 radical (unpaired) electrons. The SMILES string of the molecule is Cn1cnc(S(=O)(=O)N2C[C@H](Nc3ccc(F)c(Cl)c3)[C@@H](C3CCCO3)C2)c1. The highest BCUT2D eigenvalue weighted by atomic mass is 35.5. The van der Waals surface area contributed by atoms with E-state index in [1.807, 2.05) is 0 Å². The lowest BCUT2D eigenvalue weighted by Gasteiger charge is -2.25. The van der Waals surface area contributed by atoms with Crippen molar-refractivity contribution in [1.82, 2.24) is 13.9 Å². The number of hydrogen-bond acceptors (Lipinski definition) is 5. The lowest BCUT2D eigenvalue weighted by atomic mass is 9.94. The van der Waals surface area contributed by atoms with E-state index < -0.39 is 15.8 Å². The molecule has 0 saturated carbocycles. The van der Waals surface area contributed by atoms with Gasteiger partial charge in [-0.2, -0.15) is 4.31 Å². The summed E-state index contributed by atoms with van der Waals surface area (Å²) in [6.45, 7) is 1.30. The minimum absolute atomic E-state index is 0.0163. The van der Waals surface area contributed by atoms with Crippen molar-refractivity contribution in [3.05, 3.63) is 41.6 Å². The van der Waals surface area contributed by atoms with Crippen molar-refractivity contribution in [2.45, 2.75) is 30.0 Å². The Bertz CT molecular complexity index is 961. The summed E-state index contributed by atoms with van der Waals surface area (Å²) < 4.78 is 48.4. The van der Waals surface area contributed by atoms with Crippen LogP contribution in [0.3, 0.4) is 0 Å². The van der Waals surface area contributed by atoms with Crippen LogP contribution in [-0.4, -0.2) is 54.1 Å². The quantitative estimate of drug-likeness (QED) is 0.791. The normalized spacial score (nSPS) is 26.0. The van der Waals surface area contributed by atoms with E-state index in [9.17, 15) is 12.8 Å². The second-order valence-corrected chi connectivity index (χ2v) is 9.59. The van der Waals surface area contributed by atoms with Gasteiger partial charge in [0.15, 0.2) is 5.03 Å². The zero-order valence-electron chi connectivity index (χ0n) is 15.4. The van der Waals surface area contributed by atoms with Gasteiger partial charge in [0.1, 0.15) is 5.82 Å². The average molecular weight is 429 g/mol. The van der Waals surface area contributed by atoms with Crippen LogP contribution in [0.5, 0.6) is 0 Å². The number of sulfonamides is 1. The topological polar surface area (TPSA) is 76.5 Å². The van der Waals surface area contributed by atoms with Gasteiger partial charge in [-0.1, -0.05) is 11.6 Å². The number of aryl methyl sites for hydroxylation is 1. The van der Waals surface area contributed by atoms with Crippen LogP contribution in [0.1, 0.15) is 12.8 Å². The maximum Gasteiger partial charge on any atom is 0.262 e. The molecule has 1 N–H and O–H groups in total. The van der Waals surface area contributed by atoms with E-state index in [1.165, 1.54) is 29.0 Å². The molecule has 3 heterocycles. The number of ether oxygens (including phenoxy) is 1. The molecule has 10 heteroatoms. The third kappa shape index (κ3) is 3.76. The van der Waals surface area contributed by atoms with E-state index in [-0.39, 0.29) is 34.7 Å². The number of nitrogens with zero attached hydrogens (tertiary/aromatic N) is 3. The van der Waals surface area contributed by atoms with Crippen molar-refractivity contribution in [3.8, 4) is 0 Å². The van der Waals surface area contributed by atoms with Gasteiger partial charge in [0.25, 0.3) is 10.0 Å². The number of halogens is 2. The van der Waals surface area contributed by atoms with Gasteiger partial charge in [0.05, 0.1) is 17.5 Å². The molecule has 1 aromatic heterocycles. The molecule has 0 spiro atoms. The van der Waals surface area contributed by atoms with Crippen LogP contribution < -0.4 is 5.32 Å². The minimum Gasteiger partial charge on any atom is -0.381 e. The molecule has 2 aliphatic heterocycles. The van der Waals surface area contributed by atoms with Crippen molar-refractivity contribution in [2.24, 2.45) is 13.0 Å². The summed E-state index contributed by atoms with van der Waals surface area (Å²) in [4.78, 5) is 4.01. The molecule has 4 rings (SSSR count). The highest BCUT2D eigenvalue weighted by molar-refractivity contribution is 7.89. The molecule has 0 bridgehead atoms. The Morgan fingerprint density at radius 1 is 1.36 bits per heavy atom. The Kier molecular flexibility index (Phi) is 5.34. The lowest BCUT2D eigenvalue weighted by molar-refractivity contribution is 0.0651. The van der Waals surface area contributed by atoms with Crippen molar-refractivity contribution >= 4 is 27.3 Å². The molecular weight excluding hydrogens is 407 g/mol. The Hall–Kier alpha value is -1.68. The highest BCUT2D eigenvalue weighted by Gasteiger charge is 2.44. The number of aromatic nitrogens is 2. The van der Waals surface area contributed by atoms with Gasteiger partial charge in [-0.05, 0) is 31.0 Å². The lowest BCUT2D eigenvalue weighted by Crippen LogP contribution is -2.35. The molecule has 0 aliphatic carbocycles. The van der Waals surface area contributed by atoms with E-state index in [2.05, 4.69) is 10.3 Å². The maximum absolute atomic E-state index is 13.5. The Morgan fingerprint density at radius 3 is 2.82 bits per heavy atom. The molecule has 28 heavy (non-hydrogen) atoms. The standard InChI is InChI=1S/C18H22ClFN4O3S/c1-23-10-18(21-11-23)28(25,26)24-8-13(17-3-2-6-27-17)16(9-24)22-12-4-5-15(20)14(19)7-12/h4-5,7,10-11,13,16-17,22H,2-3,6,8-9H2,1H3/t13-,16-,17?/m0/s1. The van der Waals surface area contributed by atoms with Crippen molar-refractivity contribution in [1.29, 1.82) is 0 Å². The van der Waals surface area contributed by atoms with Gasteiger partial charge in [-0.15, -0.1) is 0 Å². The van der Waals surface area contributed by atoms with Crippen LogP contribution in [0, 0.1) is 11.7 Å². The van der Waals surface area contributed by atoms with Crippen molar-refractivity contribution in [2.75, 3.05) is 25.0 Å². The second-order valence-electron chi connectivity index (χ2n) is 7.29. The zero-order valence-corrected chi connectivity index (χ0v) is 17.0. The summed E-state index contributed by atoms with van der Waals surface area (Å²) in [5.41, 5.74) is 0.650. The highest BCUT2D eigenvalue weighted by Crippen LogP contribution is 2.33. The van der Waals surface area contributed by atoms with E-state index in [0.717, 1.165) is 12.8 Å². The summed E-state index contributed by atoms with van der Waals surface area (Å²) in [6.07, 6.45) is 4.80. The molecule has 2 aliphatic rings. The van der Waals surface area contributed by atoms with E-state index in [1.54, 1.807) is 17.7 Å². The van der Waals surface area contributed by atoms with Gasteiger partial charge in [0.2, 0.25) is 0 Å². The summed E-state index contributed by atoms with van der Waals surface area (Å²) >= 11 is 5.89. The monoisotopic (exact) mass is 428 g/mol. The smallest absolute Gasteiger partial charge is 0.262 e. The van der Waals surface area contributed by atoms with E-state index in [4.69, 9.17) is 16.3 Å². The van der Waals surface area contributed by atoms with Gasteiger partial charge >= 0.3 is 0 Å². The first-order chi connectivity index (χ1) is 13.3. The number of rotatable bonds is 5. The largest absolute Gasteiger partial charge is 0.381 e. The number of nitrogens with one attached hydrogen (secondary N) is 1. The van der Waals surface area contributed by atoms with Gasteiger partial charge in [-0.3, -0.25) is 0 Å². The fourth-order valence-electron chi connectivity index (χ4n) is 3.91. The zero-order chi connectivity index (χ0) is 19.9. The molecule has 152 valence electrons. The summed E-state index contributed by atoms with van der Waals surface area (Å²) in [5, 5.41) is 3.39. The van der Waals surface area contributed by atoms with Crippen LogP contribution in [0.2, 0.25) is 5.02 Å². The third-order valence-corrected chi connectivity index (χ3v) is 7.34. The van der Waals surface area contributed by atoms with Crippen LogP contribution in [-0.2, 0) is 21.8 Å². The average Bonchev–Trinajstić information content (AvgIpc) is 3.38. The predicted molar refractivity (Wildman–Crippen MR) is 103 cm³/mol. The molecule has 3 atom stereocenters. The number of anilines is 1. The molecule has 1 aromatic carbocycles. The molecule has 2 fully saturated rings. The van der Waals surface area contributed by atoms with E-state index >= 15 is 0 Å². The summed E-state index contributed by atoms with van der Waals surface area (Å²) in [6, 6.07) is 4.23. The molecule has 2 saturated heterocycles. The van der Waals surface area contributed by atoms with Crippen LogP contribution in [0.4, 0.5) is 10.1 Å². The molecule has 1 unspecified atom stereocenters. The number of benzene rings is 1. The first kappa shape index (κ1) is 19.6. The molecule has 7 nitrogen and oxygen atoms in total. The fraction of sp³-hybridized carbons (Fsp3) is 0.500. The first-order valence-corrected chi connectivity index (χ1v) is 11.0. The Labute approximate surface area is 168 Å². The van der Waals surface area contributed by atoms with Gasteiger partial charge in [-0.25, -0.2) is 17.8 Å². The number of hydrogen-bond donors (Lipinski definition) is 1. The maximum atomic E-state index is 13.5. The summed E-state index contributed by atoms with van der Waals surface area (Å²) in [7, 11) is -1.97. The second kappa shape index (κ2) is 7.62. The van der Waals surface area contributed by atoms with Gasteiger partial charge in [0, 0.05) is 50.6 Å². The van der Waals surface area contributed by atoms with Crippen LogP contribution >= 0.6 is 11.6 Å². The summed E-state index contributed by atoms with van der Waals surface area (Å²) in [5.74, 6) is -0.515. The molecular formula is C18H22ClFN4O3S. The van der Waals surface area contributed by atoms with E-state index in [0.29, 0.717) is 18.8 Å². The van der Waals surface area contributed by atoms with Crippen molar-refractivity contribution < 1.29 is 17.5 Å². The first-order valence-electron chi connectivity index (χ1n) is 9.16. The molecule has 0 amide bonds. The fourth-order valence-corrected chi connectivity index (χ4v) is 5.56. The predicted octanol–water partition coefficient (Wildman–Crippen LogP) is 2.49. The van der Waals surface area contributed by atoms with Crippen molar-refractivity contribution in [3.63, 3.8) is 0 Å². The third-order valence-electron chi connectivity index (χ3n) is 5.33. The molecule has 2 aromatic rings. The van der Waals surface area contributed by atoms with Crippen LogP contribution in [0.15, 0.2) is 35.7 Å².